The Hall–Kier alpha value is -1.64. The first-order valence-electron chi connectivity index (χ1n) is 10.6. The van der Waals surface area contributed by atoms with Crippen LogP contribution in [0.3, 0.4) is 0 Å². The fourth-order valence-electron chi connectivity index (χ4n) is 3.41. The van der Waals surface area contributed by atoms with Crippen LogP contribution in [0.2, 0.25) is 0 Å². The predicted molar refractivity (Wildman–Crippen MR) is 120 cm³/mol. The number of nitrogens with one attached hydrogen (secondary N) is 1. The number of anilines is 1. The summed E-state index contributed by atoms with van der Waals surface area (Å²) in [6.45, 7) is 4.24. The van der Waals surface area contributed by atoms with E-state index in [9.17, 15) is 12.6 Å². The number of nitrogens with two attached hydrogens (primary N) is 1. The van der Waals surface area contributed by atoms with E-state index in [0.717, 1.165) is 18.4 Å². The van der Waals surface area contributed by atoms with E-state index in [2.05, 4.69) is 16.1 Å². The minimum absolute atomic E-state index is 0.0399. The first-order valence-corrected chi connectivity index (χ1v) is 13.9. The number of carbonyl (C=O) groups excluding carboxylic acids is 1. The summed E-state index contributed by atoms with van der Waals surface area (Å²) in [7, 11) is 0. The molecule has 1 aliphatic rings. The average molecular weight is 504 g/mol. The van der Waals surface area contributed by atoms with Crippen molar-refractivity contribution in [3.05, 3.63) is 24.3 Å². The molecule has 2 rings (SSSR count). The van der Waals surface area contributed by atoms with E-state index < -0.39 is 14.2 Å². The van der Waals surface area contributed by atoms with Crippen LogP contribution in [-0.4, -0.2) is 47.6 Å². The van der Waals surface area contributed by atoms with Gasteiger partial charge in [0.15, 0.2) is 0 Å². The number of unbranched alkanes of at least 4 members (excludes halogenated alkanes) is 2. The summed E-state index contributed by atoms with van der Waals surface area (Å²) in [6, 6.07) is 5.64. The Morgan fingerprint density at radius 2 is 2.00 bits per heavy atom. The Morgan fingerprint density at radius 3 is 2.45 bits per heavy atom. The van der Waals surface area contributed by atoms with E-state index in [4.69, 9.17) is 20.9 Å². The van der Waals surface area contributed by atoms with Crippen LogP contribution in [0.4, 0.5) is 5.69 Å². The van der Waals surface area contributed by atoms with Crippen LogP contribution in [-0.2, 0) is 17.2 Å². The normalized spacial score (nSPS) is 15.6. The molecule has 6 N–H and O–H groups in total. The molecule has 2 unspecified atom stereocenters. The van der Waals surface area contributed by atoms with Gasteiger partial charge < -0.3 is 10.8 Å². The summed E-state index contributed by atoms with van der Waals surface area (Å²) in [5.41, 5.74) is 6.02. The molecule has 0 radical (unpaired) electrons. The van der Waals surface area contributed by atoms with Crippen LogP contribution in [0.1, 0.15) is 65.2 Å². The fourth-order valence-corrected chi connectivity index (χ4v) is 4.82. The molecule has 0 aliphatic heterocycles. The van der Waals surface area contributed by atoms with Crippen LogP contribution < -0.4 is 15.4 Å². The molecule has 1 fully saturated rings. The van der Waals surface area contributed by atoms with Crippen molar-refractivity contribution in [2.24, 2.45) is 17.6 Å². The van der Waals surface area contributed by atoms with Gasteiger partial charge in [0.25, 0.3) is 6.47 Å². The first kappa shape index (κ1) is 29.4. The topological polar surface area (TPSA) is 159 Å². The van der Waals surface area contributed by atoms with Gasteiger partial charge in [-0.2, -0.15) is 0 Å². The molecule has 0 bridgehead atoms. The van der Waals surface area contributed by atoms with Gasteiger partial charge in [-0.25, -0.2) is 0 Å². The Labute approximate surface area is 187 Å². The molecule has 178 valence electrons. The molecule has 1 saturated carbocycles. The number of hydrogen-bond acceptors (Lipinski definition) is 6. The van der Waals surface area contributed by atoms with Crippen molar-refractivity contribution in [2.45, 2.75) is 65.2 Å². The molecule has 10 heteroatoms. The van der Waals surface area contributed by atoms with Gasteiger partial charge in [-0.15, -0.1) is 0 Å². The second-order valence-corrected chi connectivity index (χ2v) is 11.1. The Kier molecular flexibility index (Phi) is 16.1. The predicted octanol–water partition coefficient (Wildman–Crippen LogP) is 2.74. The van der Waals surface area contributed by atoms with E-state index >= 15 is 0 Å². The molecule has 1 amide bonds. The minimum Gasteiger partial charge on any atom is -0.483 e. The molecule has 9 nitrogen and oxygen atoms in total. The fraction of sp³-hybridized carbons (Fsp3) is 0.619. The van der Waals surface area contributed by atoms with Gasteiger partial charge in [-0.05, 0) is 24.8 Å². The van der Waals surface area contributed by atoms with Gasteiger partial charge in [0.2, 0.25) is 0 Å². The molecule has 1 aromatic carbocycles. The smallest absolute Gasteiger partial charge is 0.290 e. The third-order valence-electron chi connectivity index (χ3n) is 5.14. The maximum Gasteiger partial charge on any atom is 0.290 e. The van der Waals surface area contributed by atoms with Crippen molar-refractivity contribution in [1.29, 1.82) is 0 Å². The number of carboxylic acid groups (broad SMARTS) is 1. The minimum atomic E-state index is -4.83. The molecular weight excluding hydrogens is 467 g/mol. The summed E-state index contributed by atoms with van der Waals surface area (Å²) in [5.74, 6) is 1.71. The number of hydrogen-bond donors (Lipinski definition) is 5. The van der Waals surface area contributed by atoms with Gasteiger partial charge in [-0.1, -0.05) is 51.9 Å². The van der Waals surface area contributed by atoms with E-state index in [1.807, 2.05) is 0 Å². The van der Waals surface area contributed by atoms with E-state index in [1.54, 1.807) is 6.07 Å². The average Bonchev–Trinajstić information content (AvgIpc) is 2.68. The van der Waals surface area contributed by atoms with Gasteiger partial charge in [0, 0.05) is 0 Å². The number of carbonyl (C=O) groups is 2. The summed E-state index contributed by atoms with van der Waals surface area (Å²) in [5, 5.41) is 17.6. The third-order valence-corrected chi connectivity index (χ3v) is 7.55. The Bertz CT molecular complexity index is 683. The SMILES string of the molecule is CC(=O)Nc1cccc([As](=O)(O)OO)c1.CCCCCC(CCN)C1CCC1.O=CO. The largest absolute Gasteiger partial charge is 0.483 e. The van der Waals surface area contributed by atoms with Gasteiger partial charge in [0.1, 0.15) is 0 Å². The molecule has 0 saturated heterocycles. The van der Waals surface area contributed by atoms with Crippen molar-refractivity contribution < 1.29 is 31.7 Å². The van der Waals surface area contributed by atoms with E-state index in [1.165, 1.54) is 76.5 Å². The Balaban J connectivity index is 0.000000519. The van der Waals surface area contributed by atoms with Crippen LogP contribution in [0.15, 0.2) is 24.3 Å². The van der Waals surface area contributed by atoms with Crippen LogP contribution in [0.5, 0.6) is 0 Å². The maximum atomic E-state index is 11.3. The van der Waals surface area contributed by atoms with Crippen molar-refractivity contribution in [2.75, 3.05) is 11.9 Å². The van der Waals surface area contributed by atoms with E-state index in [0.29, 0.717) is 5.69 Å². The molecular formula is C21H37AsN2O7. The Morgan fingerprint density at radius 1 is 1.35 bits per heavy atom. The molecule has 31 heavy (non-hydrogen) atoms. The van der Waals surface area contributed by atoms with Gasteiger partial charge in [-0.3, -0.25) is 4.79 Å². The monoisotopic (exact) mass is 504 g/mol. The van der Waals surface area contributed by atoms with Crippen molar-refractivity contribution in [1.82, 2.24) is 0 Å². The zero-order valence-electron chi connectivity index (χ0n) is 18.4. The van der Waals surface area contributed by atoms with Crippen LogP contribution in [0, 0.1) is 11.8 Å². The van der Waals surface area contributed by atoms with Crippen molar-refractivity contribution in [3.8, 4) is 0 Å². The summed E-state index contributed by atoms with van der Waals surface area (Å²) in [6.07, 6.45) is 11.3. The van der Waals surface area contributed by atoms with E-state index in [-0.39, 0.29) is 16.7 Å². The third kappa shape index (κ3) is 12.7. The van der Waals surface area contributed by atoms with Crippen molar-refractivity contribution in [3.63, 3.8) is 0 Å². The number of rotatable bonds is 10. The quantitative estimate of drug-likeness (QED) is 0.107. The molecule has 1 aliphatic carbocycles. The summed E-state index contributed by atoms with van der Waals surface area (Å²) in [4.78, 5) is 19.1. The molecule has 2 atom stereocenters. The van der Waals surface area contributed by atoms with Gasteiger partial charge in [0.05, 0.1) is 0 Å². The second kappa shape index (κ2) is 17.0. The standard InChI is InChI=1S/C12H25N.C8H10AsNO5.CH2O2/c1-2-3-4-6-12(9-10-13)11-7-5-8-11;1-6(11)10-8-4-2-3-7(5-8)9(12,13)15-14;2-1-3/h11-12H,2-10,13H2,1H3;2-5,14H,1H3,(H,10,11)(H,12,13);1H,(H,2,3). The summed E-state index contributed by atoms with van der Waals surface area (Å²) >= 11 is -4.83. The summed E-state index contributed by atoms with van der Waals surface area (Å²) < 4.78 is 23.9. The molecule has 0 heterocycles. The van der Waals surface area contributed by atoms with Crippen LogP contribution in [0.25, 0.3) is 0 Å². The molecule has 0 aromatic heterocycles. The maximum absolute atomic E-state index is 11.3. The zero-order valence-corrected chi connectivity index (χ0v) is 20.3. The van der Waals surface area contributed by atoms with Crippen molar-refractivity contribution >= 4 is 36.6 Å². The van der Waals surface area contributed by atoms with Crippen LogP contribution >= 0.6 is 0 Å². The molecule has 1 aromatic rings. The number of benzene rings is 1. The zero-order chi connectivity index (χ0) is 23.7. The van der Waals surface area contributed by atoms with Gasteiger partial charge >= 0.3 is 88.4 Å². The molecule has 0 spiro atoms. The first-order chi connectivity index (χ1) is 14.7. The second-order valence-electron chi connectivity index (χ2n) is 7.46. The number of amides is 1.